The molecule has 0 aliphatic rings. The van der Waals surface area contributed by atoms with E-state index in [9.17, 15) is 4.79 Å². The van der Waals surface area contributed by atoms with Gasteiger partial charge in [0, 0.05) is 0 Å². The van der Waals surface area contributed by atoms with Crippen molar-refractivity contribution in [3.63, 3.8) is 0 Å². The summed E-state index contributed by atoms with van der Waals surface area (Å²) in [6.45, 7) is 0. The summed E-state index contributed by atoms with van der Waals surface area (Å²) >= 11 is 21.5. The molecule has 0 spiro atoms. The van der Waals surface area contributed by atoms with Gasteiger partial charge in [0.15, 0.2) is 0 Å². The molecule has 0 aliphatic carbocycles. The van der Waals surface area contributed by atoms with E-state index in [4.69, 9.17) is 46.7 Å². The zero-order chi connectivity index (χ0) is 9.30. The lowest BCUT2D eigenvalue weighted by Crippen LogP contribution is -1.98. The highest BCUT2D eigenvalue weighted by atomic mass is 35.5. The number of carbonyl (C=O) groups is 1. The molecule has 0 bridgehead atoms. The predicted octanol–water partition coefficient (Wildman–Crippen LogP) is 3.29. The van der Waals surface area contributed by atoms with Crippen LogP contribution < -0.4 is 0 Å². The summed E-state index contributed by atoms with van der Waals surface area (Å²) in [6.07, 6.45) is 0. The Morgan fingerprint density at radius 1 is 1.25 bits per heavy atom. The molecule has 1 heterocycles. The zero-order valence-corrected chi connectivity index (χ0v) is 8.35. The number of halogens is 4. The second-order valence-electron chi connectivity index (χ2n) is 1.81. The molecule has 1 aromatic rings. The Morgan fingerprint density at radius 2 is 1.83 bits per heavy atom. The first kappa shape index (κ1) is 9.99. The van der Waals surface area contributed by atoms with Gasteiger partial charge >= 0.3 is 5.97 Å². The van der Waals surface area contributed by atoms with Crippen molar-refractivity contribution in [2.24, 2.45) is 0 Å². The van der Waals surface area contributed by atoms with Crippen LogP contribution in [-0.4, -0.2) is 11.0 Å². The van der Waals surface area contributed by atoms with E-state index in [0.717, 1.165) is 0 Å². The van der Waals surface area contributed by atoms with Crippen molar-refractivity contribution in [3.8, 4) is 0 Å². The average Bonchev–Trinajstić information content (AvgIpc) is 2.32. The highest BCUT2D eigenvalue weighted by molar-refractivity contribution is 6.49. The van der Waals surface area contributed by atoms with E-state index in [-0.39, 0.29) is 20.9 Å². The van der Waals surface area contributed by atoms with Crippen molar-refractivity contribution in [1.82, 2.24) is 4.98 Å². The van der Waals surface area contributed by atoms with E-state index < -0.39 is 5.97 Å². The minimum atomic E-state index is -0.838. The normalized spacial score (nSPS) is 10.0. The molecule has 0 aromatic carbocycles. The van der Waals surface area contributed by atoms with Gasteiger partial charge in [-0.1, -0.05) is 34.8 Å². The fraction of sp³-hybridized carbons (Fsp3) is 0. The van der Waals surface area contributed by atoms with Crippen molar-refractivity contribution in [2.75, 3.05) is 0 Å². The van der Waals surface area contributed by atoms with Crippen LogP contribution in [0.4, 0.5) is 0 Å². The minimum Gasteiger partial charge on any atom is -0.342 e. The number of hydrogen-bond acceptors (Lipinski definition) is 2. The molecule has 1 rings (SSSR count). The molecular formula is C5HCl4NO2. The summed E-state index contributed by atoms with van der Waals surface area (Å²) < 4.78 is 3.89. The van der Waals surface area contributed by atoms with Gasteiger partial charge in [-0.25, -0.2) is 4.79 Å². The molecule has 1 aromatic heterocycles. The number of carbonyl (C=O) groups excluding carboxylic acids is 1. The largest absolute Gasteiger partial charge is 0.374 e. The monoisotopic (exact) mass is 247 g/mol. The summed E-state index contributed by atoms with van der Waals surface area (Å²) in [5.41, 5.74) is -0.0679. The Morgan fingerprint density at radius 3 is 2.17 bits per heavy atom. The van der Waals surface area contributed by atoms with Crippen molar-refractivity contribution < 1.29 is 9.08 Å². The Bertz CT molecular complexity index is 321. The fourth-order valence-corrected chi connectivity index (χ4v) is 1.28. The average molecular weight is 249 g/mol. The van der Waals surface area contributed by atoms with E-state index >= 15 is 0 Å². The van der Waals surface area contributed by atoms with Gasteiger partial charge in [-0.15, -0.1) is 0 Å². The Kier molecular flexibility index (Phi) is 3.12. The van der Waals surface area contributed by atoms with E-state index in [1.807, 2.05) is 0 Å². The molecule has 3 nitrogen and oxygen atoms in total. The lowest BCUT2D eigenvalue weighted by Gasteiger charge is -1.91. The van der Waals surface area contributed by atoms with Gasteiger partial charge < -0.3 is 9.27 Å². The van der Waals surface area contributed by atoms with Crippen molar-refractivity contribution in [1.29, 1.82) is 0 Å². The first-order chi connectivity index (χ1) is 5.57. The predicted molar refractivity (Wildman–Crippen MR) is 47.1 cm³/mol. The summed E-state index contributed by atoms with van der Waals surface area (Å²) in [7, 11) is 0. The SMILES string of the molecule is O=C(OCl)c1[nH]c(Cl)c(Cl)c1Cl. The van der Waals surface area contributed by atoms with Gasteiger partial charge in [0.05, 0.1) is 10.0 Å². The Hall–Kier alpha value is -0.0900. The highest BCUT2D eigenvalue weighted by Crippen LogP contribution is 2.33. The van der Waals surface area contributed by atoms with Gasteiger partial charge in [0.1, 0.15) is 22.7 Å². The number of H-pyrrole nitrogens is 1. The fourth-order valence-electron chi connectivity index (χ4n) is 0.605. The van der Waals surface area contributed by atoms with Crippen LogP contribution in [0.15, 0.2) is 0 Å². The molecule has 12 heavy (non-hydrogen) atoms. The van der Waals surface area contributed by atoms with Gasteiger partial charge in [-0.2, -0.15) is 0 Å². The molecule has 0 unspecified atom stereocenters. The molecule has 66 valence electrons. The van der Waals surface area contributed by atoms with Gasteiger partial charge in [0.2, 0.25) is 0 Å². The van der Waals surface area contributed by atoms with Crippen molar-refractivity contribution in [2.45, 2.75) is 0 Å². The van der Waals surface area contributed by atoms with Crippen LogP contribution >= 0.6 is 46.7 Å². The van der Waals surface area contributed by atoms with Crippen LogP contribution in [0.3, 0.4) is 0 Å². The molecule has 0 aliphatic heterocycles. The third-order valence-corrected chi connectivity index (χ3v) is 2.49. The van der Waals surface area contributed by atoms with Crippen LogP contribution in [0, 0.1) is 0 Å². The second kappa shape index (κ2) is 3.75. The lowest BCUT2D eigenvalue weighted by molar-refractivity contribution is 0.0746. The first-order valence-corrected chi connectivity index (χ1v) is 4.07. The third kappa shape index (κ3) is 1.64. The van der Waals surface area contributed by atoms with Crippen LogP contribution in [0.2, 0.25) is 15.2 Å². The van der Waals surface area contributed by atoms with Gasteiger partial charge in [-0.3, -0.25) is 0 Å². The number of aromatic nitrogens is 1. The molecule has 0 amide bonds. The maximum atomic E-state index is 10.8. The third-order valence-electron chi connectivity index (χ3n) is 1.11. The number of aromatic amines is 1. The Balaban J connectivity index is 3.17. The van der Waals surface area contributed by atoms with Crippen molar-refractivity contribution >= 4 is 52.6 Å². The maximum absolute atomic E-state index is 10.8. The molecule has 0 saturated carbocycles. The minimum absolute atomic E-state index is 0.00711. The number of hydrogen-bond donors (Lipinski definition) is 1. The summed E-state index contributed by atoms with van der Waals surface area (Å²) in [6, 6.07) is 0. The topological polar surface area (TPSA) is 42.1 Å². The number of nitrogens with one attached hydrogen (secondary N) is 1. The van der Waals surface area contributed by atoms with Gasteiger partial charge in [-0.05, 0) is 0 Å². The first-order valence-electron chi connectivity index (χ1n) is 2.63. The summed E-state index contributed by atoms with van der Waals surface area (Å²) in [5, 5.41) is 0.126. The van der Waals surface area contributed by atoms with Crippen molar-refractivity contribution in [3.05, 3.63) is 20.9 Å². The molecule has 1 N–H and O–H groups in total. The van der Waals surface area contributed by atoms with Gasteiger partial charge in [0.25, 0.3) is 0 Å². The van der Waals surface area contributed by atoms with E-state index in [1.54, 1.807) is 0 Å². The molecule has 0 radical (unpaired) electrons. The maximum Gasteiger partial charge on any atom is 0.374 e. The van der Waals surface area contributed by atoms with Crippen LogP contribution in [-0.2, 0) is 4.29 Å². The number of rotatable bonds is 1. The molecule has 0 fully saturated rings. The lowest BCUT2D eigenvalue weighted by atomic mass is 10.4. The second-order valence-corrected chi connectivity index (χ2v) is 3.09. The highest BCUT2D eigenvalue weighted by Gasteiger charge is 2.19. The standard InChI is InChI=1S/C5HCl4NO2/c6-1-2(7)4(8)10-3(1)5(11)12-9/h10H. The summed E-state index contributed by atoms with van der Waals surface area (Å²) in [5.74, 6) is -0.838. The van der Waals surface area contributed by atoms with Crippen LogP contribution in [0.5, 0.6) is 0 Å². The molecular weight excluding hydrogens is 248 g/mol. The molecule has 0 atom stereocenters. The quantitative estimate of drug-likeness (QED) is 0.829. The van der Waals surface area contributed by atoms with Crippen LogP contribution in [0.1, 0.15) is 10.5 Å². The smallest absolute Gasteiger partial charge is 0.342 e. The van der Waals surface area contributed by atoms with E-state index in [0.29, 0.717) is 0 Å². The van der Waals surface area contributed by atoms with Crippen LogP contribution in [0.25, 0.3) is 0 Å². The zero-order valence-electron chi connectivity index (χ0n) is 5.33. The molecule has 7 heteroatoms. The Labute approximate surface area is 87.7 Å². The van der Waals surface area contributed by atoms with E-state index in [1.165, 1.54) is 0 Å². The molecule has 0 saturated heterocycles. The van der Waals surface area contributed by atoms with E-state index in [2.05, 4.69) is 9.27 Å². The summed E-state index contributed by atoms with van der Waals surface area (Å²) in [4.78, 5) is 13.2.